The normalized spacial score (nSPS) is 21.2. The topological polar surface area (TPSA) is 113 Å². The molecular formula is C21H25NO6. The highest BCUT2D eigenvalue weighted by Crippen LogP contribution is 2.44. The van der Waals surface area contributed by atoms with Crippen molar-refractivity contribution in [1.29, 1.82) is 0 Å². The molecule has 0 saturated heterocycles. The average Bonchev–Trinajstić information content (AvgIpc) is 2.61. The number of benzene rings is 1. The van der Waals surface area contributed by atoms with Crippen LogP contribution in [0.5, 0.6) is 5.75 Å². The summed E-state index contributed by atoms with van der Waals surface area (Å²) in [6.07, 6.45) is 1.64. The van der Waals surface area contributed by atoms with E-state index < -0.39 is 24.0 Å². The summed E-state index contributed by atoms with van der Waals surface area (Å²) in [7, 11) is 1.55. The second-order valence-corrected chi connectivity index (χ2v) is 7.74. The van der Waals surface area contributed by atoms with E-state index in [1.807, 2.05) is 0 Å². The molecule has 0 unspecified atom stereocenters. The highest BCUT2D eigenvalue weighted by Gasteiger charge is 2.37. The Morgan fingerprint density at radius 3 is 2.68 bits per heavy atom. The van der Waals surface area contributed by atoms with Gasteiger partial charge in [0.05, 0.1) is 29.9 Å². The zero-order valence-corrected chi connectivity index (χ0v) is 16.2. The van der Waals surface area contributed by atoms with E-state index in [2.05, 4.69) is 19.2 Å². The summed E-state index contributed by atoms with van der Waals surface area (Å²) >= 11 is 0. The molecule has 3 rings (SSSR count). The van der Waals surface area contributed by atoms with Gasteiger partial charge in [0, 0.05) is 24.3 Å². The summed E-state index contributed by atoms with van der Waals surface area (Å²) < 4.78 is 5.99. The summed E-state index contributed by atoms with van der Waals surface area (Å²) in [5.74, 6) is -1.59. The molecule has 0 amide bonds. The van der Waals surface area contributed by atoms with Crippen molar-refractivity contribution < 1.29 is 29.3 Å². The number of hydrogen-bond acceptors (Lipinski definition) is 6. The van der Waals surface area contributed by atoms with E-state index >= 15 is 0 Å². The highest BCUT2D eigenvalue weighted by molar-refractivity contribution is 6.25. The molecule has 7 nitrogen and oxygen atoms in total. The molecule has 7 heteroatoms. The maximum absolute atomic E-state index is 12.7. The molecule has 0 bridgehead atoms. The number of carboxylic acid groups (broad SMARTS) is 1. The number of phenolic OH excluding ortho intramolecular Hbond substituents is 1. The summed E-state index contributed by atoms with van der Waals surface area (Å²) in [6.45, 7) is 4.13. The minimum Gasteiger partial charge on any atom is -0.507 e. The zero-order chi connectivity index (χ0) is 20.6. The number of allylic oxidation sites excluding steroid dienone is 2. The molecule has 1 aliphatic heterocycles. The fraction of sp³-hybridized carbons (Fsp3) is 0.476. The van der Waals surface area contributed by atoms with Gasteiger partial charge in [-0.05, 0) is 36.8 Å². The SMILES string of the molecule is CNC1=CC(=O)c2c(cc3c(c2O)[C@@H](CCC(C)C)O[C@@H](CC(=O)O)C3)C1=O. The molecular weight excluding hydrogens is 362 g/mol. The summed E-state index contributed by atoms with van der Waals surface area (Å²) in [4.78, 5) is 36.4. The first kappa shape index (κ1) is 20.1. The summed E-state index contributed by atoms with van der Waals surface area (Å²) in [6, 6.07) is 1.62. The van der Waals surface area contributed by atoms with Crippen LogP contribution in [-0.4, -0.2) is 40.9 Å². The number of fused-ring (bicyclic) bond motifs is 2. The summed E-state index contributed by atoms with van der Waals surface area (Å²) in [5.41, 5.74) is 1.48. The number of nitrogens with one attached hydrogen (secondary N) is 1. The van der Waals surface area contributed by atoms with Crippen LogP contribution < -0.4 is 5.32 Å². The van der Waals surface area contributed by atoms with Gasteiger partial charge in [-0.2, -0.15) is 0 Å². The van der Waals surface area contributed by atoms with Crippen LogP contribution in [-0.2, 0) is 16.0 Å². The molecule has 150 valence electrons. The molecule has 1 heterocycles. The Morgan fingerprint density at radius 2 is 2.07 bits per heavy atom. The Bertz CT molecular complexity index is 870. The summed E-state index contributed by atoms with van der Waals surface area (Å²) in [5, 5.41) is 22.8. The lowest BCUT2D eigenvalue weighted by Crippen LogP contribution is -2.31. The van der Waals surface area contributed by atoms with Crippen molar-refractivity contribution in [3.8, 4) is 5.75 Å². The second-order valence-electron chi connectivity index (χ2n) is 7.74. The van der Waals surface area contributed by atoms with Crippen LogP contribution in [0.15, 0.2) is 17.8 Å². The van der Waals surface area contributed by atoms with Crippen LogP contribution in [0.25, 0.3) is 0 Å². The number of rotatable bonds is 6. The molecule has 0 radical (unpaired) electrons. The number of carbonyl (C=O) groups excluding carboxylic acids is 2. The van der Waals surface area contributed by atoms with Gasteiger partial charge >= 0.3 is 5.97 Å². The number of carbonyl (C=O) groups is 3. The van der Waals surface area contributed by atoms with Gasteiger partial charge in [0.1, 0.15) is 5.75 Å². The van der Waals surface area contributed by atoms with Gasteiger partial charge < -0.3 is 20.3 Å². The van der Waals surface area contributed by atoms with E-state index in [0.29, 0.717) is 23.5 Å². The van der Waals surface area contributed by atoms with Gasteiger partial charge in [-0.15, -0.1) is 0 Å². The highest BCUT2D eigenvalue weighted by atomic mass is 16.5. The van der Waals surface area contributed by atoms with E-state index in [0.717, 1.165) is 6.42 Å². The number of aliphatic carboxylic acids is 1. The number of Topliss-reactive ketones (excluding diaryl/α,β-unsaturated/α-hetero) is 1. The predicted octanol–water partition coefficient (Wildman–Crippen LogP) is 2.77. The molecule has 2 aliphatic rings. The quantitative estimate of drug-likeness (QED) is 0.688. The number of hydrogen-bond donors (Lipinski definition) is 3. The van der Waals surface area contributed by atoms with Crippen molar-refractivity contribution in [2.75, 3.05) is 7.05 Å². The zero-order valence-electron chi connectivity index (χ0n) is 16.2. The van der Waals surface area contributed by atoms with Gasteiger partial charge in [-0.25, -0.2) is 0 Å². The Kier molecular flexibility index (Phi) is 5.56. The van der Waals surface area contributed by atoms with Crippen LogP contribution in [0.3, 0.4) is 0 Å². The third kappa shape index (κ3) is 3.67. The van der Waals surface area contributed by atoms with Crippen LogP contribution in [0, 0.1) is 5.92 Å². The van der Waals surface area contributed by atoms with Crippen molar-refractivity contribution in [1.82, 2.24) is 5.32 Å². The number of phenols is 1. The molecule has 28 heavy (non-hydrogen) atoms. The fourth-order valence-electron chi connectivity index (χ4n) is 3.90. The molecule has 0 fully saturated rings. The standard InChI is InChI=1S/C21H25NO6/c1-10(2)4-5-16-18-11(6-12(28-16)8-17(24)25)7-13-19(21(18)27)15(23)9-14(22-3)20(13)26/h7,9-10,12,16,22,27H,4-6,8H2,1-3H3,(H,24,25)/t12-,16-/m1/s1. The number of ketones is 2. The monoisotopic (exact) mass is 387 g/mol. The lowest BCUT2D eigenvalue weighted by atomic mass is 9.82. The van der Waals surface area contributed by atoms with Gasteiger partial charge in [0.25, 0.3) is 0 Å². The number of aromatic hydroxyl groups is 1. The minimum atomic E-state index is -0.968. The molecule has 0 spiro atoms. The molecule has 2 atom stereocenters. The van der Waals surface area contributed by atoms with Crippen molar-refractivity contribution in [3.05, 3.63) is 40.1 Å². The molecule has 0 aromatic heterocycles. The number of carboxylic acids is 1. The van der Waals surface area contributed by atoms with E-state index in [-0.39, 0.29) is 41.2 Å². The molecule has 1 aliphatic carbocycles. The van der Waals surface area contributed by atoms with Gasteiger partial charge in [-0.1, -0.05) is 13.8 Å². The Hall–Kier alpha value is -2.67. The molecule has 0 saturated carbocycles. The first-order valence-electron chi connectivity index (χ1n) is 9.47. The maximum atomic E-state index is 12.7. The maximum Gasteiger partial charge on any atom is 0.305 e. The average molecular weight is 387 g/mol. The largest absolute Gasteiger partial charge is 0.507 e. The van der Waals surface area contributed by atoms with E-state index in [9.17, 15) is 19.5 Å². The van der Waals surface area contributed by atoms with Crippen molar-refractivity contribution in [3.63, 3.8) is 0 Å². The van der Waals surface area contributed by atoms with Crippen LogP contribution in [0.1, 0.15) is 71.1 Å². The van der Waals surface area contributed by atoms with E-state index in [1.165, 1.54) is 6.08 Å². The molecule has 1 aromatic carbocycles. The third-order valence-electron chi connectivity index (χ3n) is 5.24. The van der Waals surface area contributed by atoms with Crippen molar-refractivity contribution >= 4 is 17.5 Å². The lowest BCUT2D eigenvalue weighted by Gasteiger charge is -2.34. The number of likely N-dealkylation sites (N-methyl/N-ethyl adjacent to an activating group) is 1. The van der Waals surface area contributed by atoms with Crippen LogP contribution in [0.2, 0.25) is 0 Å². The van der Waals surface area contributed by atoms with Crippen molar-refractivity contribution in [2.45, 2.75) is 51.7 Å². The first-order valence-corrected chi connectivity index (χ1v) is 9.47. The van der Waals surface area contributed by atoms with E-state index in [1.54, 1.807) is 13.1 Å². The molecule has 3 N–H and O–H groups in total. The lowest BCUT2D eigenvalue weighted by molar-refractivity contribution is -0.142. The van der Waals surface area contributed by atoms with Crippen LogP contribution >= 0.6 is 0 Å². The smallest absolute Gasteiger partial charge is 0.305 e. The second kappa shape index (κ2) is 7.75. The van der Waals surface area contributed by atoms with Gasteiger partial charge in [0.15, 0.2) is 5.78 Å². The van der Waals surface area contributed by atoms with Gasteiger partial charge in [-0.3, -0.25) is 14.4 Å². The minimum absolute atomic E-state index is 0.00224. The van der Waals surface area contributed by atoms with Crippen LogP contribution in [0.4, 0.5) is 0 Å². The van der Waals surface area contributed by atoms with E-state index in [4.69, 9.17) is 9.84 Å². The first-order chi connectivity index (χ1) is 13.2. The Balaban J connectivity index is 2.10. The van der Waals surface area contributed by atoms with Crippen molar-refractivity contribution in [2.24, 2.45) is 5.92 Å². The predicted molar refractivity (Wildman–Crippen MR) is 102 cm³/mol. The van der Waals surface area contributed by atoms with Gasteiger partial charge in [0.2, 0.25) is 5.78 Å². The Morgan fingerprint density at radius 1 is 1.36 bits per heavy atom. The molecule has 1 aromatic rings. The Labute approximate surface area is 163 Å². The fourth-order valence-corrected chi connectivity index (χ4v) is 3.90. The third-order valence-corrected chi connectivity index (χ3v) is 5.24. The number of ether oxygens (including phenoxy) is 1.